The molecule has 0 bridgehead atoms. The number of hydrogen-bond donors (Lipinski definition) is 3. The van der Waals surface area contributed by atoms with E-state index >= 15 is 0 Å². The first-order valence-corrected chi connectivity index (χ1v) is 5.09. The van der Waals surface area contributed by atoms with E-state index in [0.717, 1.165) is 15.9 Å². The minimum atomic E-state index is 0.407. The van der Waals surface area contributed by atoms with E-state index < -0.39 is 0 Å². The number of hydrazine groups is 1. The number of nitrogens with zero attached hydrogens (tertiary/aromatic N) is 3. The predicted molar refractivity (Wildman–Crippen MR) is 57.3 cm³/mol. The van der Waals surface area contributed by atoms with Gasteiger partial charge in [-0.15, -0.1) is 0 Å². The van der Waals surface area contributed by atoms with Gasteiger partial charge in [0.15, 0.2) is 5.16 Å². The summed E-state index contributed by atoms with van der Waals surface area (Å²) in [4.78, 5) is 15.3. The second kappa shape index (κ2) is 4.28. The van der Waals surface area contributed by atoms with Crippen LogP contribution in [-0.4, -0.2) is 19.9 Å². The number of nitrogens with two attached hydrogens (primary N) is 1. The molecule has 0 aliphatic carbocycles. The Labute approximate surface area is 90.7 Å². The number of hydrogen-bond acceptors (Lipinski definition) is 6. The molecule has 7 heteroatoms. The third-order valence-electron chi connectivity index (χ3n) is 1.63. The number of rotatable bonds is 3. The van der Waals surface area contributed by atoms with Gasteiger partial charge in [-0.25, -0.2) is 20.8 Å². The van der Waals surface area contributed by atoms with Gasteiger partial charge in [0.2, 0.25) is 5.95 Å². The molecule has 0 radical (unpaired) electrons. The molecule has 0 spiro atoms. The van der Waals surface area contributed by atoms with Gasteiger partial charge in [0.25, 0.3) is 0 Å². The minimum absolute atomic E-state index is 0.407. The fourth-order valence-corrected chi connectivity index (χ4v) is 1.86. The normalized spacial score (nSPS) is 10.3. The van der Waals surface area contributed by atoms with Crippen molar-refractivity contribution in [2.24, 2.45) is 5.84 Å². The summed E-state index contributed by atoms with van der Waals surface area (Å²) in [5, 5.41) is 1.58. The number of H-pyrrole nitrogens is 1. The highest BCUT2D eigenvalue weighted by Gasteiger charge is 2.04. The SMILES string of the molecule is Cc1cc(Sc2ncc[nH]2)nc(NN)n1. The summed E-state index contributed by atoms with van der Waals surface area (Å²) in [6.45, 7) is 1.88. The molecule has 15 heavy (non-hydrogen) atoms. The molecule has 6 nitrogen and oxygen atoms in total. The molecule has 2 heterocycles. The van der Waals surface area contributed by atoms with Gasteiger partial charge >= 0.3 is 0 Å². The standard InChI is InChI=1S/C8H10N6S/c1-5-4-6(13-7(12-5)14-9)15-8-10-2-3-11-8/h2-4H,9H2,1H3,(H,10,11)(H,12,13,14). The van der Waals surface area contributed by atoms with Crippen molar-refractivity contribution in [3.8, 4) is 0 Å². The van der Waals surface area contributed by atoms with E-state index in [1.54, 1.807) is 12.4 Å². The third kappa shape index (κ3) is 2.45. The van der Waals surface area contributed by atoms with Crippen LogP contribution in [0.2, 0.25) is 0 Å². The molecule has 0 saturated heterocycles. The van der Waals surface area contributed by atoms with Crippen LogP contribution in [0.25, 0.3) is 0 Å². The van der Waals surface area contributed by atoms with Crippen LogP contribution < -0.4 is 11.3 Å². The predicted octanol–water partition coefficient (Wildman–Crippen LogP) is 0.945. The zero-order chi connectivity index (χ0) is 10.7. The Morgan fingerprint density at radius 2 is 2.33 bits per heavy atom. The molecule has 0 unspecified atom stereocenters. The van der Waals surface area contributed by atoms with E-state index in [4.69, 9.17) is 5.84 Å². The summed E-state index contributed by atoms with van der Waals surface area (Å²) < 4.78 is 0. The Morgan fingerprint density at radius 1 is 1.47 bits per heavy atom. The van der Waals surface area contributed by atoms with E-state index in [2.05, 4.69) is 25.4 Å². The first-order chi connectivity index (χ1) is 7.28. The van der Waals surface area contributed by atoms with Crippen LogP contribution in [0.1, 0.15) is 5.69 Å². The molecule has 2 rings (SSSR count). The molecule has 0 fully saturated rings. The molecule has 0 aliphatic rings. The van der Waals surface area contributed by atoms with Crippen molar-refractivity contribution in [3.05, 3.63) is 24.2 Å². The zero-order valence-corrected chi connectivity index (χ0v) is 8.88. The smallest absolute Gasteiger partial charge is 0.238 e. The number of nitrogens with one attached hydrogen (secondary N) is 2. The number of anilines is 1. The van der Waals surface area contributed by atoms with Crippen LogP contribution >= 0.6 is 11.8 Å². The molecule has 4 N–H and O–H groups in total. The summed E-state index contributed by atoms with van der Waals surface area (Å²) in [6, 6.07) is 1.87. The first kappa shape index (κ1) is 9.94. The maximum atomic E-state index is 5.25. The van der Waals surface area contributed by atoms with Gasteiger partial charge in [0.1, 0.15) is 5.03 Å². The largest absolute Gasteiger partial charge is 0.339 e. The van der Waals surface area contributed by atoms with Crippen molar-refractivity contribution in [3.63, 3.8) is 0 Å². The monoisotopic (exact) mass is 222 g/mol. The first-order valence-electron chi connectivity index (χ1n) is 4.27. The van der Waals surface area contributed by atoms with Crippen molar-refractivity contribution in [1.82, 2.24) is 19.9 Å². The van der Waals surface area contributed by atoms with E-state index in [-0.39, 0.29) is 0 Å². The van der Waals surface area contributed by atoms with Crippen LogP contribution in [0.3, 0.4) is 0 Å². The Kier molecular flexibility index (Phi) is 2.84. The van der Waals surface area contributed by atoms with Crippen LogP contribution in [0.4, 0.5) is 5.95 Å². The van der Waals surface area contributed by atoms with Gasteiger partial charge in [-0.1, -0.05) is 0 Å². The number of aromatic amines is 1. The average Bonchev–Trinajstić information content (AvgIpc) is 2.69. The molecule has 0 amide bonds. The number of nitrogen functional groups attached to an aromatic ring is 1. The summed E-state index contributed by atoms with van der Waals surface area (Å²) in [5.41, 5.74) is 3.28. The van der Waals surface area contributed by atoms with Crippen LogP contribution in [0.5, 0.6) is 0 Å². The van der Waals surface area contributed by atoms with Gasteiger partial charge in [-0.2, -0.15) is 0 Å². The quantitative estimate of drug-likeness (QED) is 0.406. The summed E-state index contributed by atoms with van der Waals surface area (Å²) in [6.07, 6.45) is 3.46. The topological polar surface area (TPSA) is 92.5 Å². The fourth-order valence-electron chi connectivity index (χ4n) is 1.06. The molecule has 0 saturated carbocycles. The van der Waals surface area contributed by atoms with Gasteiger partial charge in [0.05, 0.1) is 0 Å². The van der Waals surface area contributed by atoms with Gasteiger partial charge in [0, 0.05) is 18.1 Å². The maximum Gasteiger partial charge on any atom is 0.238 e. The fraction of sp³-hybridized carbons (Fsp3) is 0.125. The van der Waals surface area contributed by atoms with Crippen LogP contribution in [-0.2, 0) is 0 Å². The van der Waals surface area contributed by atoms with Crippen molar-refractivity contribution < 1.29 is 0 Å². The van der Waals surface area contributed by atoms with Gasteiger partial charge < -0.3 is 4.98 Å². The summed E-state index contributed by atoms with van der Waals surface area (Å²) >= 11 is 1.42. The van der Waals surface area contributed by atoms with Gasteiger partial charge in [-0.3, -0.25) is 5.43 Å². The lowest BCUT2D eigenvalue weighted by molar-refractivity contribution is 0.981. The number of aromatic nitrogens is 4. The Hall–Kier alpha value is -1.60. The van der Waals surface area contributed by atoms with Crippen molar-refractivity contribution in [1.29, 1.82) is 0 Å². The zero-order valence-electron chi connectivity index (χ0n) is 8.06. The van der Waals surface area contributed by atoms with E-state index in [9.17, 15) is 0 Å². The lowest BCUT2D eigenvalue weighted by atomic mass is 10.5. The Balaban J connectivity index is 2.24. The lowest BCUT2D eigenvalue weighted by Crippen LogP contribution is -2.11. The number of imidazole rings is 1. The molecule has 0 aliphatic heterocycles. The minimum Gasteiger partial charge on any atom is -0.339 e. The molecular weight excluding hydrogens is 212 g/mol. The van der Waals surface area contributed by atoms with E-state index in [1.165, 1.54) is 11.8 Å². The molecule has 0 aromatic carbocycles. The Morgan fingerprint density at radius 3 is 3.00 bits per heavy atom. The van der Waals surface area contributed by atoms with Gasteiger partial charge in [-0.05, 0) is 24.8 Å². The van der Waals surface area contributed by atoms with Crippen molar-refractivity contribution >= 4 is 17.7 Å². The van der Waals surface area contributed by atoms with Crippen molar-refractivity contribution in [2.45, 2.75) is 17.1 Å². The average molecular weight is 222 g/mol. The molecule has 2 aromatic heterocycles. The highest BCUT2D eigenvalue weighted by atomic mass is 32.2. The molecular formula is C8H10N6S. The number of aryl methyl sites for hydroxylation is 1. The lowest BCUT2D eigenvalue weighted by Gasteiger charge is -2.02. The van der Waals surface area contributed by atoms with Crippen molar-refractivity contribution in [2.75, 3.05) is 5.43 Å². The second-order valence-corrected chi connectivity index (χ2v) is 3.82. The summed E-state index contributed by atoms with van der Waals surface area (Å²) in [5.74, 6) is 5.66. The summed E-state index contributed by atoms with van der Waals surface area (Å²) in [7, 11) is 0. The molecule has 0 atom stereocenters. The second-order valence-electron chi connectivity index (χ2n) is 2.81. The van der Waals surface area contributed by atoms with Crippen LogP contribution in [0.15, 0.2) is 28.6 Å². The Bertz CT molecular complexity index is 440. The third-order valence-corrected chi connectivity index (χ3v) is 2.47. The highest BCUT2D eigenvalue weighted by Crippen LogP contribution is 2.23. The maximum absolute atomic E-state index is 5.25. The molecule has 2 aromatic rings. The highest BCUT2D eigenvalue weighted by molar-refractivity contribution is 7.99. The molecule has 78 valence electrons. The van der Waals surface area contributed by atoms with E-state index in [1.807, 2.05) is 13.0 Å². The van der Waals surface area contributed by atoms with E-state index in [0.29, 0.717) is 5.95 Å². The van der Waals surface area contributed by atoms with Crippen LogP contribution in [0, 0.1) is 6.92 Å².